The van der Waals surface area contributed by atoms with Gasteiger partial charge in [0.05, 0.1) is 19.9 Å². The first kappa shape index (κ1) is 22.8. The molecule has 0 radical (unpaired) electrons. The van der Waals surface area contributed by atoms with Gasteiger partial charge in [0.1, 0.15) is 23.9 Å². The number of ether oxygens (including phenoxy) is 1. The maximum atomic E-state index is 13.3. The number of nitrogens with zero attached hydrogens (tertiary/aromatic N) is 2. The molecule has 0 aliphatic heterocycles. The molecule has 166 valence electrons. The second-order valence-electron chi connectivity index (χ2n) is 7.16. The zero-order valence-corrected chi connectivity index (χ0v) is 17.9. The number of methoxy groups -OCH3 is 1. The zero-order chi connectivity index (χ0) is 22.9. The van der Waals surface area contributed by atoms with E-state index in [4.69, 9.17) is 9.15 Å². The average molecular weight is 436 g/mol. The maximum absolute atomic E-state index is 13.3. The summed E-state index contributed by atoms with van der Waals surface area (Å²) in [6.07, 6.45) is 3.11. The number of amides is 2. The highest BCUT2D eigenvalue weighted by Crippen LogP contribution is 2.16. The number of carbonyl (C=O) groups is 2. The van der Waals surface area contributed by atoms with Crippen LogP contribution in [-0.4, -0.2) is 41.8 Å². The van der Waals surface area contributed by atoms with E-state index >= 15 is 0 Å². The fraction of sp³-hybridized carbons (Fsp3) is 0.200. The van der Waals surface area contributed by atoms with E-state index < -0.39 is 0 Å². The summed E-state index contributed by atoms with van der Waals surface area (Å²) in [7, 11) is 1.52. The molecule has 0 bridgehead atoms. The molecule has 32 heavy (non-hydrogen) atoms. The second kappa shape index (κ2) is 10.9. The van der Waals surface area contributed by atoms with E-state index in [-0.39, 0.29) is 43.8 Å². The molecule has 2 aromatic carbocycles. The Labute approximate surface area is 186 Å². The first-order valence-electron chi connectivity index (χ1n) is 10.1. The van der Waals surface area contributed by atoms with E-state index in [0.29, 0.717) is 17.1 Å². The first-order chi connectivity index (χ1) is 15.5. The number of halogens is 1. The van der Waals surface area contributed by atoms with E-state index in [0.717, 1.165) is 5.56 Å². The second-order valence-corrected chi connectivity index (χ2v) is 7.16. The molecule has 7 heteroatoms. The minimum atomic E-state index is -0.348. The summed E-state index contributed by atoms with van der Waals surface area (Å²) >= 11 is 0. The van der Waals surface area contributed by atoms with Crippen LogP contribution < -0.4 is 4.74 Å². The third kappa shape index (κ3) is 6.07. The lowest BCUT2D eigenvalue weighted by molar-refractivity contribution is -0.133. The van der Waals surface area contributed by atoms with Crippen LogP contribution in [0.3, 0.4) is 0 Å². The van der Waals surface area contributed by atoms with Crippen LogP contribution >= 0.6 is 0 Å². The highest BCUT2D eigenvalue weighted by atomic mass is 19.1. The minimum absolute atomic E-state index is 0.149. The molecule has 3 rings (SSSR count). The molecule has 0 spiro atoms. The van der Waals surface area contributed by atoms with Crippen molar-refractivity contribution in [1.82, 2.24) is 9.80 Å². The summed E-state index contributed by atoms with van der Waals surface area (Å²) in [6, 6.07) is 16.2. The highest BCUT2D eigenvalue weighted by Gasteiger charge is 2.23. The van der Waals surface area contributed by atoms with E-state index in [1.807, 2.05) is 0 Å². The molecule has 0 aliphatic carbocycles. The van der Waals surface area contributed by atoms with Crippen molar-refractivity contribution >= 4 is 11.8 Å². The predicted octanol–water partition coefficient (Wildman–Crippen LogP) is 4.28. The molecule has 0 saturated carbocycles. The lowest BCUT2D eigenvalue weighted by atomic mass is 10.1. The lowest BCUT2D eigenvalue weighted by Crippen LogP contribution is -2.42. The molecular weight excluding hydrogens is 411 g/mol. The largest absolute Gasteiger partial charge is 0.497 e. The van der Waals surface area contributed by atoms with Crippen molar-refractivity contribution < 1.29 is 23.1 Å². The van der Waals surface area contributed by atoms with Crippen molar-refractivity contribution in [3.05, 3.63) is 102 Å². The molecule has 1 heterocycles. The Morgan fingerprint density at radius 1 is 1.06 bits per heavy atom. The van der Waals surface area contributed by atoms with Crippen molar-refractivity contribution in [2.24, 2.45) is 0 Å². The van der Waals surface area contributed by atoms with Gasteiger partial charge in [-0.2, -0.15) is 0 Å². The summed E-state index contributed by atoms with van der Waals surface area (Å²) in [5.41, 5.74) is 1.18. The van der Waals surface area contributed by atoms with Crippen LogP contribution in [-0.2, 0) is 17.9 Å². The van der Waals surface area contributed by atoms with Gasteiger partial charge < -0.3 is 19.0 Å². The molecule has 0 unspecified atom stereocenters. The number of hydrogen-bond acceptors (Lipinski definition) is 4. The topological polar surface area (TPSA) is 63.0 Å². The van der Waals surface area contributed by atoms with Gasteiger partial charge in [-0.3, -0.25) is 9.59 Å². The predicted molar refractivity (Wildman–Crippen MR) is 118 cm³/mol. The molecule has 3 aromatic rings. The van der Waals surface area contributed by atoms with Crippen molar-refractivity contribution in [1.29, 1.82) is 0 Å². The van der Waals surface area contributed by atoms with Gasteiger partial charge in [0.15, 0.2) is 0 Å². The third-order valence-electron chi connectivity index (χ3n) is 4.85. The molecule has 0 N–H and O–H groups in total. The van der Waals surface area contributed by atoms with E-state index in [2.05, 4.69) is 6.58 Å². The smallest absolute Gasteiger partial charge is 0.254 e. The van der Waals surface area contributed by atoms with Gasteiger partial charge in [0, 0.05) is 18.7 Å². The molecule has 0 aliphatic rings. The van der Waals surface area contributed by atoms with E-state index in [1.54, 1.807) is 59.5 Å². The fourth-order valence-electron chi connectivity index (χ4n) is 3.21. The molecule has 2 amide bonds. The summed E-state index contributed by atoms with van der Waals surface area (Å²) in [6.45, 7) is 4.22. The van der Waals surface area contributed by atoms with Gasteiger partial charge in [0.2, 0.25) is 5.91 Å². The van der Waals surface area contributed by atoms with Crippen molar-refractivity contribution in [2.45, 2.75) is 13.1 Å². The molecular formula is C25H25FN2O4. The summed E-state index contributed by atoms with van der Waals surface area (Å²) in [5, 5.41) is 0. The molecule has 1 aromatic heterocycles. The Kier molecular flexibility index (Phi) is 7.80. The standard InChI is InChI=1S/C25H25FN2O4/c1-3-13-27(25(30)20-6-4-7-22(15-20)31-2)18-24(29)28(17-23-8-5-14-32-23)16-19-9-11-21(26)12-10-19/h3-12,14-15H,1,13,16-18H2,2H3. The monoisotopic (exact) mass is 436 g/mol. The van der Waals surface area contributed by atoms with Crippen LogP contribution in [0.15, 0.2) is 84.0 Å². The van der Waals surface area contributed by atoms with Gasteiger partial charge in [-0.15, -0.1) is 6.58 Å². The number of carbonyl (C=O) groups excluding carboxylic acids is 2. The minimum Gasteiger partial charge on any atom is -0.497 e. The van der Waals surface area contributed by atoms with Gasteiger partial charge in [0.25, 0.3) is 5.91 Å². The van der Waals surface area contributed by atoms with Crippen molar-refractivity contribution in [2.75, 3.05) is 20.2 Å². The lowest BCUT2D eigenvalue weighted by Gasteiger charge is -2.27. The number of rotatable bonds is 10. The summed E-state index contributed by atoms with van der Waals surface area (Å²) in [4.78, 5) is 29.3. The summed E-state index contributed by atoms with van der Waals surface area (Å²) < 4.78 is 23.9. The Morgan fingerprint density at radius 2 is 1.84 bits per heavy atom. The molecule has 0 fully saturated rings. The van der Waals surface area contributed by atoms with E-state index in [9.17, 15) is 14.0 Å². The van der Waals surface area contributed by atoms with Gasteiger partial charge >= 0.3 is 0 Å². The SMILES string of the molecule is C=CCN(CC(=O)N(Cc1ccc(F)cc1)Cc1ccco1)C(=O)c1cccc(OC)c1. The van der Waals surface area contributed by atoms with Crippen molar-refractivity contribution in [3.8, 4) is 5.75 Å². The van der Waals surface area contributed by atoms with Crippen LogP contribution in [0.1, 0.15) is 21.7 Å². The van der Waals surface area contributed by atoms with Gasteiger partial charge in [-0.1, -0.05) is 24.3 Å². The molecule has 6 nitrogen and oxygen atoms in total. The van der Waals surface area contributed by atoms with Crippen LogP contribution in [0, 0.1) is 5.82 Å². The van der Waals surface area contributed by atoms with Crippen LogP contribution in [0.2, 0.25) is 0 Å². The number of benzene rings is 2. The van der Waals surface area contributed by atoms with Crippen molar-refractivity contribution in [3.63, 3.8) is 0 Å². The fourth-order valence-corrected chi connectivity index (χ4v) is 3.21. The van der Waals surface area contributed by atoms with Crippen LogP contribution in [0.25, 0.3) is 0 Å². The highest BCUT2D eigenvalue weighted by molar-refractivity contribution is 5.97. The van der Waals surface area contributed by atoms with Gasteiger partial charge in [-0.05, 0) is 48.0 Å². The normalized spacial score (nSPS) is 10.4. The van der Waals surface area contributed by atoms with E-state index in [1.165, 1.54) is 30.4 Å². The summed E-state index contributed by atoms with van der Waals surface area (Å²) in [5.74, 6) is 0.228. The molecule has 0 saturated heterocycles. The quantitative estimate of drug-likeness (QED) is 0.445. The van der Waals surface area contributed by atoms with Gasteiger partial charge in [-0.25, -0.2) is 4.39 Å². The Bertz CT molecular complexity index is 1050. The number of hydrogen-bond donors (Lipinski definition) is 0. The Morgan fingerprint density at radius 3 is 2.50 bits per heavy atom. The third-order valence-corrected chi connectivity index (χ3v) is 4.85. The maximum Gasteiger partial charge on any atom is 0.254 e. The molecule has 0 atom stereocenters. The Hall–Kier alpha value is -3.87. The first-order valence-corrected chi connectivity index (χ1v) is 10.1. The number of furan rings is 1. The average Bonchev–Trinajstić information content (AvgIpc) is 3.32. The van der Waals surface area contributed by atoms with Crippen LogP contribution in [0.5, 0.6) is 5.75 Å². The zero-order valence-electron chi connectivity index (χ0n) is 17.9. The van der Waals surface area contributed by atoms with Crippen LogP contribution in [0.4, 0.5) is 4.39 Å². The Balaban J connectivity index is 1.79.